The summed E-state index contributed by atoms with van der Waals surface area (Å²) < 4.78 is 5.20. The van der Waals surface area contributed by atoms with Crippen molar-refractivity contribution in [1.29, 1.82) is 0 Å². The molecule has 0 amide bonds. The Bertz CT molecular complexity index is 843. The Morgan fingerprint density at radius 2 is 2.09 bits per heavy atom. The van der Waals surface area contributed by atoms with Gasteiger partial charge < -0.3 is 9.64 Å². The SMILES string of the molecule is CN(C)c1nc(Cl)c(/C=C2/N=C(c3cccc(Cl)c3)OC2=O)s1. The highest BCUT2D eigenvalue weighted by Gasteiger charge is 2.25. The number of cyclic esters (lactones) is 1. The van der Waals surface area contributed by atoms with Gasteiger partial charge in [0, 0.05) is 24.7 Å². The van der Waals surface area contributed by atoms with Crippen molar-refractivity contribution in [3.63, 3.8) is 0 Å². The lowest BCUT2D eigenvalue weighted by atomic mass is 10.2. The molecular weight excluding hydrogens is 357 g/mol. The van der Waals surface area contributed by atoms with Crippen molar-refractivity contribution >= 4 is 57.6 Å². The Labute approximate surface area is 146 Å². The third-order valence-corrected chi connectivity index (χ3v) is 4.75. The number of rotatable bonds is 3. The Hall–Kier alpha value is -1.89. The molecule has 3 rings (SSSR count). The first kappa shape index (κ1) is 16.0. The minimum atomic E-state index is -0.532. The van der Waals surface area contributed by atoms with E-state index in [9.17, 15) is 4.79 Å². The summed E-state index contributed by atoms with van der Waals surface area (Å²) in [7, 11) is 3.73. The van der Waals surface area contributed by atoms with Crippen LogP contribution in [0.1, 0.15) is 10.4 Å². The predicted molar refractivity (Wildman–Crippen MR) is 93.5 cm³/mol. The molecule has 2 aromatic rings. The largest absolute Gasteiger partial charge is 0.402 e. The third kappa shape index (κ3) is 3.39. The van der Waals surface area contributed by atoms with E-state index in [1.54, 1.807) is 30.3 Å². The van der Waals surface area contributed by atoms with Crippen molar-refractivity contribution in [3.8, 4) is 0 Å². The third-order valence-electron chi connectivity index (χ3n) is 2.94. The van der Waals surface area contributed by atoms with Crippen LogP contribution in [0.15, 0.2) is 35.0 Å². The zero-order chi connectivity index (χ0) is 16.6. The highest BCUT2D eigenvalue weighted by Crippen LogP contribution is 2.31. The molecule has 1 aromatic carbocycles. The van der Waals surface area contributed by atoms with E-state index in [2.05, 4.69) is 9.98 Å². The van der Waals surface area contributed by atoms with Gasteiger partial charge in [-0.2, -0.15) is 0 Å². The lowest BCUT2D eigenvalue weighted by Gasteiger charge is -2.04. The van der Waals surface area contributed by atoms with Crippen LogP contribution in [0.3, 0.4) is 0 Å². The van der Waals surface area contributed by atoms with Crippen molar-refractivity contribution < 1.29 is 9.53 Å². The van der Waals surface area contributed by atoms with Gasteiger partial charge in [0.05, 0.1) is 4.88 Å². The van der Waals surface area contributed by atoms with Crippen molar-refractivity contribution in [2.24, 2.45) is 4.99 Å². The van der Waals surface area contributed by atoms with Crippen LogP contribution in [0.2, 0.25) is 10.2 Å². The molecule has 0 spiro atoms. The lowest BCUT2D eigenvalue weighted by Crippen LogP contribution is -2.07. The second kappa shape index (κ2) is 6.31. The zero-order valence-electron chi connectivity index (χ0n) is 12.2. The Kier molecular flexibility index (Phi) is 4.39. The first-order valence-electron chi connectivity index (χ1n) is 6.56. The lowest BCUT2D eigenvalue weighted by molar-refractivity contribution is -0.129. The monoisotopic (exact) mass is 367 g/mol. The summed E-state index contributed by atoms with van der Waals surface area (Å²) in [5.74, 6) is -0.312. The van der Waals surface area contributed by atoms with E-state index in [1.807, 2.05) is 19.0 Å². The highest BCUT2D eigenvalue weighted by atomic mass is 35.5. The van der Waals surface area contributed by atoms with Gasteiger partial charge in [0.15, 0.2) is 10.8 Å². The van der Waals surface area contributed by atoms with E-state index < -0.39 is 5.97 Å². The molecule has 1 aliphatic rings. The van der Waals surface area contributed by atoms with Crippen molar-refractivity contribution in [2.75, 3.05) is 19.0 Å². The number of nitrogens with zero attached hydrogens (tertiary/aromatic N) is 3. The second-order valence-electron chi connectivity index (χ2n) is 4.89. The van der Waals surface area contributed by atoms with E-state index in [0.29, 0.717) is 20.6 Å². The van der Waals surface area contributed by atoms with Crippen molar-refractivity contribution in [1.82, 2.24) is 4.98 Å². The molecule has 0 saturated heterocycles. The Morgan fingerprint density at radius 1 is 1.30 bits per heavy atom. The van der Waals surface area contributed by atoms with Crippen LogP contribution >= 0.6 is 34.5 Å². The maximum atomic E-state index is 12.0. The van der Waals surface area contributed by atoms with Gasteiger partial charge in [-0.25, -0.2) is 14.8 Å². The Balaban J connectivity index is 1.95. The summed E-state index contributed by atoms with van der Waals surface area (Å²) >= 11 is 13.4. The molecule has 5 nitrogen and oxygen atoms in total. The van der Waals surface area contributed by atoms with E-state index >= 15 is 0 Å². The molecular formula is C15H11Cl2N3O2S. The van der Waals surface area contributed by atoms with E-state index in [4.69, 9.17) is 27.9 Å². The molecule has 0 aliphatic carbocycles. The summed E-state index contributed by atoms with van der Waals surface area (Å²) in [4.78, 5) is 22.9. The van der Waals surface area contributed by atoms with Crippen molar-refractivity contribution in [3.05, 3.63) is 50.6 Å². The number of ether oxygens (including phenoxy) is 1. The van der Waals surface area contributed by atoms with Gasteiger partial charge in [-0.05, 0) is 24.3 Å². The number of anilines is 1. The van der Waals surface area contributed by atoms with Crippen molar-refractivity contribution in [2.45, 2.75) is 0 Å². The highest BCUT2D eigenvalue weighted by molar-refractivity contribution is 7.17. The van der Waals surface area contributed by atoms with Gasteiger partial charge in [-0.1, -0.05) is 40.6 Å². The maximum absolute atomic E-state index is 12.0. The molecule has 8 heteroatoms. The minimum absolute atomic E-state index is 0.177. The molecule has 2 heterocycles. The summed E-state index contributed by atoms with van der Waals surface area (Å²) in [5.41, 5.74) is 0.814. The Morgan fingerprint density at radius 3 is 2.74 bits per heavy atom. The molecule has 0 radical (unpaired) electrons. The molecule has 118 valence electrons. The fourth-order valence-electron chi connectivity index (χ4n) is 1.86. The molecule has 0 saturated carbocycles. The average molecular weight is 368 g/mol. The van der Waals surface area contributed by atoms with Gasteiger partial charge in [-0.3, -0.25) is 0 Å². The number of aliphatic imine (C=N–C) groups is 1. The first-order chi connectivity index (χ1) is 10.9. The molecule has 0 N–H and O–H groups in total. The molecule has 0 atom stereocenters. The van der Waals surface area contributed by atoms with Crippen LogP contribution in [0.4, 0.5) is 5.13 Å². The van der Waals surface area contributed by atoms with Crippen LogP contribution in [0, 0.1) is 0 Å². The number of carbonyl (C=O) groups is 1. The van der Waals surface area contributed by atoms with Crippen LogP contribution < -0.4 is 4.90 Å². The van der Waals surface area contributed by atoms with Crippen LogP contribution in [-0.2, 0) is 9.53 Å². The summed E-state index contributed by atoms with van der Waals surface area (Å²) in [6.07, 6.45) is 1.58. The van der Waals surface area contributed by atoms with Gasteiger partial charge >= 0.3 is 5.97 Å². The minimum Gasteiger partial charge on any atom is -0.402 e. The number of halogens is 2. The quantitative estimate of drug-likeness (QED) is 0.610. The van der Waals surface area contributed by atoms with Gasteiger partial charge in [0.2, 0.25) is 5.90 Å². The molecule has 0 fully saturated rings. The number of thiazole rings is 1. The molecule has 0 unspecified atom stereocenters. The fraction of sp³-hybridized carbons (Fsp3) is 0.133. The summed E-state index contributed by atoms with van der Waals surface area (Å²) in [6, 6.07) is 6.95. The average Bonchev–Trinajstić information content (AvgIpc) is 3.04. The predicted octanol–water partition coefficient (Wildman–Crippen LogP) is 3.86. The van der Waals surface area contributed by atoms with Crippen LogP contribution in [0.25, 0.3) is 6.08 Å². The summed E-state index contributed by atoms with van der Waals surface area (Å²) in [6.45, 7) is 0. The normalized spacial score (nSPS) is 15.7. The van der Waals surface area contributed by atoms with Crippen LogP contribution in [0.5, 0.6) is 0 Å². The smallest absolute Gasteiger partial charge is 0.363 e. The van der Waals surface area contributed by atoms with E-state index in [1.165, 1.54) is 11.3 Å². The van der Waals surface area contributed by atoms with Crippen LogP contribution in [-0.4, -0.2) is 30.9 Å². The number of esters is 1. The topological polar surface area (TPSA) is 54.8 Å². The zero-order valence-corrected chi connectivity index (χ0v) is 14.5. The molecule has 23 heavy (non-hydrogen) atoms. The van der Waals surface area contributed by atoms with Gasteiger partial charge in [0.25, 0.3) is 0 Å². The standard InChI is InChI=1S/C15H11Cl2N3O2S/c1-20(2)15-19-12(17)11(23-15)7-10-14(21)22-13(18-10)8-4-3-5-9(16)6-8/h3-7H,1-2H3/b10-7+. The fourth-order valence-corrected chi connectivity index (χ4v) is 3.17. The maximum Gasteiger partial charge on any atom is 0.363 e. The number of hydrogen-bond acceptors (Lipinski definition) is 6. The van der Waals surface area contributed by atoms with Gasteiger partial charge in [-0.15, -0.1) is 0 Å². The number of aromatic nitrogens is 1. The van der Waals surface area contributed by atoms with Gasteiger partial charge in [0.1, 0.15) is 5.15 Å². The second-order valence-corrected chi connectivity index (χ2v) is 6.70. The number of carbonyl (C=O) groups excluding carboxylic acids is 1. The molecule has 1 aromatic heterocycles. The van der Waals surface area contributed by atoms with E-state index in [0.717, 1.165) is 5.13 Å². The summed E-state index contributed by atoms with van der Waals surface area (Å²) in [5, 5.41) is 1.61. The molecule has 0 bridgehead atoms. The first-order valence-corrected chi connectivity index (χ1v) is 8.13. The molecule has 1 aliphatic heterocycles. The number of benzene rings is 1. The number of hydrogen-bond donors (Lipinski definition) is 0. The van der Waals surface area contributed by atoms with E-state index in [-0.39, 0.29) is 11.6 Å².